The molecule has 0 radical (unpaired) electrons. The van der Waals surface area contributed by atoms with Crippen molar-refractivity contribution in [3.8, 4) is 0 Å². The minimum Gasteiger partial charge on any atom is -0.414 e. The van der Waals surface area contributed by atoms with Gasteiger partial charge in [0.25, 0.3) is 0 Å². The Bertz CT molecular complexity index is 238. The number of hydrogen-bond donors (Lipinski definition) is 0. The van der Waals surface area contributed by atoms with E-state index in [9.17, 15) is 0 Å². The molecule has 0 aromatic rings. The highest BCUT2D eigenvalue weighted by molar-refractivity contribution is 6.74. The molecule has 0 saturated heterocycles. The zero-order chi connectivity index (χ0) is 14.4. The molecule has 0 aliphatic heterocycles. The van der Waals surface area contributed by atoms with Gasteiger partial charge in [-0.3, -0.25) is 0 Å². The predicted molar refractivity (Wildman–Crippen MR) is 85.6 cm³/mol. The Hall–Kier alpha value is -0.0831. The van der Waals surface area contributed by atoms with Crippen LogP contribution in [0, 0.1) is 5.92 Å². The molecule has 0 N–H and O–H groups in total. The summed E-state index contributed by atoms with van der Waals surface area (Å²) in [5.74, 6) is 0.794. The zero-order valence-corrected chi connectivity index (χ0v) is 14.7. The Morgan fingerprint density at radius 1 is 1.17 bits per heavy atom. The highest BCUT2D eigenvalue weighted by atomic mass is 28.4. The fourth-order valence-electron chi connectivity index (χ4n) is 1.76. The fraction of sp³-hybridized carbons (Fsp3) is 0.875. The quantitative estimate of drug-likeness (QED) is 0.401. The third kappa shape index (κ3) is 6.74. The van der Waals surface area contributed by atoms with Crippen molar-refractivity contribution in [2.75, 3.05) is 0 Å². The van der Waals surface area contributed by atoms with Crippen molar-refractivity contribution in [2.24, 2.45) is 5.92 Å². The highest BCUT2D eigenvalue weighted by Gasteiger charge is 2.38. The van der Waals surface area contributed by atoms with Crippen LogP contribution in [-0.2, 0) is 4.43 Å². The summed E-state index contributed by atoms with van der Waals surface area (Å²) >= 11 is 0. The maximum absolute atomic E-state index is 6.49. The lowest BCUT2D eigenvalue weighted by Crippen LogP contribution is -2.43. The van der Waals surface area contributed by atoms with Gasteiger partial charge in [-0.05, 0) is 36.9 Å². The Balaban J connectivity index is 4.39. The number of rotatable bonds is 8. The lowest BCUT2D eigenvalue weighted by atomic mass is 10.0. The van der Waals surface area contributed by atoms with E-state index in [-0.39, 0.29) is 0 Å². The van der Waals surface area contributed by atoms with Gasteiger partial charge in [0.15, 0.2) is 8.32 Å². The topological polar surface area (TPSA) is 9.23 Å². The normalized spacial score (nSPS) is 14.9. The molecule has 0 unspecified atom stereocenters. The van der Waals surface area contributed by atoms with Crippen molar-refractivity contribution in [3.05, 3.63) is 12.7 Å². The van der Waals surface area contributed by atoms with Crippen LogP contribution in [0.25, 0.3) is 0 Å². The van der Waals surface area contributed by atoms with Crippen molar-refractivity contribution < 1.29 is 4.43 Å². The van der Waals surface area contributed by atoms with Gasteiger partial charge in [-0.15, -0.1) is 6.58 Å². The van der Waals surface area contributed by atoms with E-state index in [2.05, 4.69) is 54.3 Å². The first-order chi connectivity index (χ1) is 8.10. The Labute approximate surface area is 116 Å². The van der Waals surface area contributed by atoms with Crippen LogP contribution in [0.4, 0.5) is 0 Å². The first-order valence-electron chi connectivity index (χ1n) is 7.39. The van der Waals surface area contributed by atoms with Gasteiger partial charge in [0.2, 0.25) is 0 Å². The van der Waals surface area contributed by atoms with Crippen LogP contribution in [0.5, 0.6) is 0 Å². The number of hydrogen-bond acceptors (Lipinski definition) is 1. The molecule has 1 nitrogen and oxygen atoms in total. The van der Waals surface area contributed by atoms with E-state index < -0.39 is 8.32 Å². The van der Waals surface area contributed by atoms with E-state index in [0.29, 0.717) is 11.1 Å². The largest absolute Gasteiger partial charge is 0.414 e. The Morgan fingerprint density at radius 2 is 1.72 bits per heavy atom. The Kier molecular flexibility index (Phi) is 7.46. The maximum atomic E-state index is 6.49. The zero-order valence-electron chi connectivity index (χ0n) is 13.7. The molecule has 2 heteroatoms. The summed E-state index contributed by atoms with van der Waals surface area (Å²) in [5.41, 5.74) is 0. The van der Waals surface area contributed by atoms with E-state index >= 15 is 0 Å². The van der Waals surface area contributed by atoms with Crippen LogP contribution in [0.15, 0.2) is 12.7 Å². The third-order valence-corrected chi connectivity index (χ3v) is 8.54. The van der Waals surface area contributed by atoms with Gasteiger partial charge in [-0.25, -0.2) is 0 Å². The van der Waals surface area contributed by atoms with Crippen molar-refractivity contribution in [3.63, 3.8) is 0 Å². The van der Waals surface area contributed by atoms with Crippen LogP contribution < -0.4 is 0 Å². The molecular formula is C16H34OSi. The molecule has 0 saturated carbocycles. The van der Waals surface area contributed by atoms with Crippen molar-refractivity contribution in [1.82, 2.24) is 0 Å². The van der Waals surface area contributed by atoms with Crippen molar-refractivity contribution in [2.45, 2.75) is 84.5 Å². The minimum atomic E-state index is -1.63. The SMILES string of the molecule is C=CC[C@@H](CCCC(C)C)O[Si](C)(C)C(C)(C)C. The minimum absolute atomic E-state index is 0.296. The molecule has 1 atom stereocenters. The molecule has 0 amide bonds. The van der Waals surface area contributed by atoms with E-state index in [1.54, 1.807) is 0 Å². The molecule has 0 fully saturated rings. The van der Waals surface area contributed by atoms with E-state index in [4.69, 9.17) is 4.43 Å². The molecule has 108 valence electrons. The van der Waals surface area contributed by atoms with Gasteiger partial charge >= 0.3 is 0 Å². The molecule has 0 rings (SSSR count). The van der Waals surface area contributed by atoms with E-state index in [1.807, 2.05) is 6.08 Å². The lowest BCUT2D eigenvalue weighted by molar-refractivity contribution is 0.168. The molecule has 0 aliphatic carbocycles. The van der Waals surface area contributed by atoms with Crippen LogP contribution in [0.1, 0.15) is 60.3 Å². The maximum Gasteiger partial charge on any atom is 0.192 e. The van der Waals surface area contributed by atoms with E-state index in [1.165, 1.54) is 19.3 Å². The summed E-state index contributed by atoms with van der Waals surface area (Å²) in [4.78, 5) is 0. The lowest BCUT2D eigenvalue weighted by Gasteiger charge is -2.39. The average molecular weight is 271 g/mol. The van der Waals surface area contributed by atoms with Crippen molar-refractivity contribution >= 4 is 8.32 Å². The van der Waals surface area contributed by atoms with Crippen LogP contribution in [0.2, 0.25) is 18.1 Å². The second-order valence-electron chi connectivity index (χ2n) is 7.35. The molecule has 0 heterocycles. The first kappa shape index (κ1) is 17.9. The molecule has 0 aromatic heterocycles. The van der Waals surface area contributed by atoms with Gasteiger partial charge in [-0.1, -0.05) is 53.5 Å². The van der Waals surface area contributed by atoms with E-state index in [0.717, 1.165) is 12.3 Å². The molecule has 0 bridgehead atoms. The first-order valence-corrected chi connectivity index (χ1v) is 10.3. The summed E-state index contributed by atoms with van der Waals surface area (Å²) in [6, 6.07) is 0. The van der Waals surface area contributed by atoms with Crippen LogP contribution in [-0.4, -0.2) is 14.4 Å². The fourth-order valence-corrected chi connectivity index (χ4v) is 3.16. The predicted octanol–water partition coefficient (Wildman–Crippen LogP) is 5.78. The molecule has 18 heavy (non-hydrogen) atoms. The van der Waals surface area contributed by atoms with Crippen molar-refractivity contribution in [1.29, 1.82) is 0 Å². The standard InChI is InChI=1S/C16H34OSi/c1-9-11-15(13-10-12-14(2)3)17-18(7,8)16(4,5)6/h9,14-15H,1,10-13H2,2-8H3/t15-/m0/s1. The van der Waals surface area contributed by atoms with Gasteiger partial charge < -0.3 is 4.43 Å². The summed E-state index contributed by atoms with van der Waals surface area (Å²) in [6.07, 6.45) is 7.12. The molecular weight excluding hydrogens is 236 g/mol. The molecule has 0 spiro atoms. The van der Waals surface area contributed by atoms with Gasteiger partial charge in [-0.2, -0.15) is 0 Å². The molecule has 0 aliphatic rings. The Morgan fingerprint density at radius 3 is 2.11 bits per heavy atom. The summed E-state index contributed by atoms with van der Waals surface area (Å²) in [7, 11) is -1.63. The monoisotopic (exact) mass is 270 g/mol. The van der Waals surface area contributed by atoms with Gasteiger partial charge in [0, 0.05) is 6.10 Å². The van der Waals surface area contributed by atoms with Crippen LogP contribution in [0.3, 0.4) is 0 Å². The smallest absolute Gasteiger partial charge is 0.192 e. The third-order valence-electron chi connectivity index (χ3n) is 4.00. The second-order valence-corrected chi connectivity index (χ2v) is 12.1. The highest BCUT2D eigenvalue weighted by Crippen LogP contribution is 2.38. The van der Waals surface area contributed by atoms with Gasteiger partial charge in [0.05, 0.1) is 0 Å². The van der Waals surface area contributed by atoms with Gasteiger partial charge in [0.1, 0.15) is 0 Å². The molecule has 0 aromatic carbocycles. The van der Waals surface area contributed by atoms with Crippen LogP contribution >= 0.6 is 0 Å². The summed E-state index contributed by atoms with van der Waals surface area (Å²) in [5, 5.41) is 0.296. The summed E-state index contributed by atoms with van der Waals surface area (Å²) < 4.78 is 6.49. The average Bonchev–Trinajstić information content (AvgIpc) is 2.14. The second kappa shape index (κ2) is 7.49. The summed E-state index contributed by atoms with van der Waals surface area (Å²) in [6.45, 7) is 20.0.